The maximum atomic E-state index is 9.08. The van der Waals surface area contributed by atoms with Crippen molar-refractivity contribution >= 4 is 5.69 Å². The molecule has 2 rings (SSSR count). The van der Waals surface area contributed by atoms with E-state index in [1.807, 2.05) is 0 Å². The highest BCUT2D eigenvalue weighted by atomic mass is 15.1. The summed E-state index contributed by atoms with van der Waals surface area (Å²) in [5, 5.41) is 21.4. The van der Waals surface area contributed by atoms with Crippen molar-refractivity contribution in [3.05, 3.63) is 29.3 Å². The summed E-state index contributed by atoms with van der Waals surface area (Å²) < 4.78 is 0. The van der Waals surface area contributed by atoms with Gasteiger partial charge in [0.2, 0.25) is 0 Å². The van der Waals surface area contributed by atoms with E-state index in [2.05, 4.69) is 22.4 Å². The molecule has 0 aliphatic carbocycles. The van der Waals surface area contributed by atoms with Crippen molar-refractivity contribution in [1.29, 1.82) is 10.5 Å². The Morgan fingerprint density at radius 2 is 1.68 bits per heavy atom. The molecule has 1 saturated heterocycles. The molecule has 1 aliphatic heterocycles. The molecule has 0 bridgehead atoms. The first-order valence-electron chi connectivity index (χ1n) is 6.74. The highest BCUT2D eigenvalue weighted by Crippen LogP contribution is 2.19. The van der Waals surface area contributed by atoms with Gasteiger partial charge >= 0.3 is 0 Å². The first-order valence-corrected chi connectivity index (χ1v) is 6.74. The van der Waals surface area contributed by atoms with Crippen molar-refractivity contribution < 1.29 is 0 Å². The summed E-state index contributed by atoms with van der Waals surface area (Å²) in [6, 6.07) is 9.49. The Balaban J connectivity index is 1.95. The molecule has 0 radical (unpaired) electrons. The largest absolute Gasteiger partial charge is 0.382 e. The quantitative estimate of drug-likeness (QED) is 0.895. The third kappa shape index (κ3) is 3.47. The Kier molecular flexibility index (Phi) is 4.78. The van der Waals surface area contributed by atoms with E-state index >= 15 is 0 Å². The summed E-state index contributed by atoms with van der Waals surface area (Å²) in [5.74, 6) is 0. The third-order valence-corrected chi connectivity index (χ3v) is 3.48. The average molecular weight is 254 g/mol. The fourth-order valence-corrected chi connectivity index (χ4v) is 2.45. The highest BCUT2D eigenvalue weighted by Gasteiger charge is 2.11. The van der Waals surface area contributed by atoms with E-state index in [9.17, 15) is 0 Å². The van der Waals surface area contributed by atoms with Crippen LogP contribution in [0, 0.1) is 22.7 Å². The van der Waals surface area contributed by atoms with Gasteiger partial charge in [0.05, 0.1) is 16.8 Å². The molecule has 0 atom stereocenters. The van der Waals surface area contributed by atoms with Crippen LogP contribution in [0.15, 0.2) is 18.2 Å². The van der Waals surface area contributed by atoms with Crippen molar-refractivity contribution in [3.8, 4) is 12.1 Å². The molecule has 0 unspecified atom stereocenters. The van der Waals surface area contributed by atoms with E-state index in [0.717, 1.165) is 26.2 Å². The molecule has 1 aromatic carbocycles. The zero-order valence-electron chi connectivity index (χ0n) is 11.0. The van der Waals surface area contributed by atoms with E-state index in [1.54, 1.807) is 18.2 Å². The van der Waals surface area contributed by atoms with Crippen molar-refractivity contribution in [2.75, 3.05) is 31.5 Å². The maximum absolute atomic E-state index is 9.08. The van der Waals surface area contributed by atoms with Gasteiger partial charge in [0.25, 0.3) is 0 Å². The van der Waals surface area contributed by atoms with Gasteiger partial charge in [-0.05, 0) is 38.1 Å². The SMILES string of the molecule is N#Cc1cccc(C#N)c1NCCN1CCCCC1. The Hall–Kier alpha value is -2.04. The molecular formula is C15H18N4. The van der Waals surface area contributed by atoms with Crippen LogP contribution in [0.5, 0.6) is 0 Å². The molecule has 0 spiro atoms. The van der Waals surface area contributed by atoms with Gasteiger partial charge in [-0.1, -0.05) is 12.5 Å². The number of nitrogens with zero attached hydrogens (tertiary/aromatic N) is 3. The number of nitriles is 2. The van der Waals surface area contributed by atoms with Crippen LogP contribution in [0.2, 0.25) is 0 Å². The van der Waals surface area contributed by atoms with Gasteiger partial charge in [-0.25, -0.2) is 0 Å². The summed E-state index contributed by atoms with van der Waals surface area (Å²) >= 11 is 0. The zero-order chi connectivity index (χ0) is 13.5. The zero-order valence-corrected chi connectivity index (χ0v) is 11.0. The topological polar surface area (TPSA) is 62.9 Å². The standard InChI is InChI=1S/C15H18N4/c16-11-13-5-4-6-14(12-17)15(13)18-7-10-19-8-2-1-3-9-19/h4-6,18H,1-3,7-10H2. The lowest BCUT2D eigenvalue weighted by Crippen LogP contribution is -2.33. The summed E-state index contributed by atoms with van der Waals surface area (Å²) in [6.07, 6.45) is 3.89. The van der Waals surface area contributed by atoms with Crippen LogP contribution in [0.1, 0.15) is 30.4 Å². The second-order valence-electron chi connectivity index (χ2n) is 4.78. The lowest BCUT2D eigenvalue weighted by atomic mass is 10.1. The first kappa shape index (κ1) is 13.4. The van der Waals surface area contributed by atoms with E-state index < -0.39 is 0 Å². The highest BCUT2D eigenvalue weighted by molar-refractivity contribution is 5.66. The minimum Gasteiger partial charge on any atom is -0.382 e. The van der Waals surface area contributed by atoms with Crippen LogP contribution in [0.4, 0.5) is 5.69 Å². The predicted octanol–water partition coefficient (Wildman–Crippen LogP) is 2.33. The van der Waals surface area contributed by atoms with Crippen LogP contribution in [-0.2, 0) is 0 Å². The molecule has 1 N–H and O–H groups in total. The number of piperidine rings is 1. The molecule has 0 saturated carbocycles. The monoisotopic (exact) mass is 254 g/mol. The van der Waals surface area contributed by atoms with Crippen LogP contribution >= 0.6 is 0 Å². The van der Waals surface area contributed by atoms with Crippen LogP contribution in [0.25, 0.3) is 0 Å². The number of benzene rings is 1. The minimum atomic E-state index is 0.540. The Morgan fingerprint density at radius 1 is 1.05 bits per heavy atom. The number of likely N-dealkylation sites (tertiary alicyclic amines) is 1. The number of rotatable bonds is 4. The number of nitrogens with one attached hydrogen (secondary N) is 1. The van der Waals surface area contributed by atoms with Gasteiger partial charge in [-0.3, -0.25) is 0 Å². The molecule has 1 aliphatic rings. The van der Waals surface area contributed by atoms with Crippen LogP contribution in [-0.4, -0.2) is 31.1 Å². The molecular weight excluding hydrogens is 236 g/mol. The summed E-state index contributed by atoms with van der Waals surface area (Å²) in [6.45, 7) is 4.05. The number of para-hydroxylation sites is 1. The molecule has 1 aromatic rings. The van der Waals surface area contributed by atoms with E-state index in [1.165, 1.54) is 19.3 Å². The lowest BCUT2D eigenvalue weighted by molar-refractivity contribution is 0.237. The van der Waals surface area contributed by atoms with Crippen LogP contribution < -0.4 is 5.32 Å². The molecule has 1 fully saturated rings. The summed E-state index contributed by atoms with van der Waals surface area (Å²) in [4.78, 5) is 2.43. The lowest BCUT2D eigenvalue weighted by Gasteiger charge is -2.26. The van der Waals surface area contributed by atoms with Gasteiger partial charge in [-0.2, -0.15) is 10.5 Å². The molecule has 0 amide bonds. The molecule has 98 valence electrons. The van der Waals surface area contributed by atoms with Gasteiger partial charge in [-0.15, -0.1) is 0 Å². The summed E-state index contributed by atoms with van der Waals surface area (Å²) in [5.41, 5.74) is 1.75. The minimum absolute atomic E-state index is 0.540. The molecule has 19 heavy (non-hydrogen) atoms. The van der Waals surface area contributed by atoms with Crippen molar-refractivity contribution in [2.45, 2.75) is 19.3 Å². The molecule has 4 heteroatoms. The van der Waals surface area contributed by atoms with E-state index in [-0.39, 0.29) is 0 Å². The second-order valence-corrected chi connectivity index (χ2v) is 4.78. The second kappa shape index (κ2) is 6.78. The van der Waals surface area contributed by atoms with Gasteiger partial charge in [0, 0.05) is 13.1 Å². The first-order chi connectivity index (χ1) is 9.35. The van der Waals surface area contributed by atoms with Crippen LogP contribution in [0.3, 0.4) is 0 Å². The Labute approximate surface area is 114 Å². The van der Waals surface area contributed by atoms with E-state index in [0.29, 0.717) is 16.8 Å². The molecule has 1 heterocycles. The number of hydrogen-bond donors (Lipinski definition) is 1. The molecule has 4 nitrogen and oxygen atoms in total. The van der Waals surface area contributed by atoms with Crippen molar-refractivity contribution in [2.24, 2.45) is 0 Å². The van der Waals surface area contributed by atoms with Gasteiger partial charge in [0.1, 0.15) is 12.1 Å². The van der Waals surface area contributed by atoms with Gasteiger partial charge < -0.3 is 10.2 Å². The maximum Gasteiger partial charge on any atom is 0.101 e. The Bertz CT molecular complexity index is 472. The third-order valence-electron chi connectivity index (χ3n) is 3.48. The van der Waals surface area contributed by atoms with Crippen molar-refractivity contribution in [1.82, 2.24) is 4.90 Å². The number of hydrogen-bond acceptors (Lipinski definition) is 4. The average Bonchev–Trinajstić information content (AvgIpc) is 2.48. The van der Waals surface area contributed by atoms with Crippen molar-refractivity contribution in [3.63, 3.8) is 0 Å². The fourth-order valence-electron chi connectivity index (χ4n) is 2.45. The Morgan fingerprint density at radius 3 is 2.26 bits per heavy atom. The fraction of sp³-hybridized carbons (Fsp3) is 0.467. The van der Waals surface area contributed by atoms with Gasteiger partial charge in [0.15, 0.2) is 0 Å². The number of anilines is 1. The molecule has 0 aromatic heterocycles. The summed E-state index contributed by atoms with van der Waals surface area (Å²) in [7, 11) is 0. The normalized spacial score (nSPS) is 15.5. The van der Waals surface area contributed by atoms with E-state index in [4.69, 9.17) is 10.5 Å². The smallest absolute Gasteiger partial charge is 0.101 e. The predicted molar refractivity (Wildman–Crippen MR) is 74.7 cm³/mol.